The summed E-state index contributed by atoms with van der Waals surface area (Å²) in [6.45, 7) is 3.82. The number of para-hydroxylation sites is 2. The highest BCUT2D eigenvalue weighted by Gasteiger charge is 2.14. The van der Waals surface area contributed by atoms with Crippen molar-refractivity contribution >= 4 is 27.3 Å². The van der Waals surface area contributed by atoms with Crippen molar-refractivity contribution in [3.63, 3.8) is 0 Å². The van der Waals surface area contributed by atoms with Crippen molar-refractivity contribution in [1.82, 2.24) is 5.48 Å². The van der Waals surface area contributed by atoms with Gasteiger partial charge in [-0.25, -0.2) is 5.48 Å². The van der Waals surface area contributed by atoms with E-state index in [1.807, 2.05) is 24.3 Å². The Hall–Kier alpha value is -2.34. The van der Waals surface area contributed by atoms with Crippen LogP contribution in [0, 0.1) is 10.1 Å². The third-order valence-corrected chi connectivity index (χ3v) is 3.07. The molecule has 0 spiro atoms. The summed E-state index contributed by atoms with van der Waals surface area (Å²) >= 11 is 3.34. The van der Waals surface area contributed by atoms with E-state index in [4.69, 9.17) is 4.84 Å². The first-order chi connectivity index (χ1) is 9.58. The SMILES string of the molecule is C=C(NOc1ccccc1[N+](=O)[O-])c1ccc(Br)cc1. The van der Waals surface area contributed by atoms with Crippen LogP contribution in [0.15, 0.2) is 59.6 Å². The highest BCUT2D eigenvalue weighted by atomic mass is 79.9. The van der Waals surface area contributed by atoms with E-state index in [2.05, 4.69) is 28.0 Å². The number of hydroxylamine groups is 1. The van der Waals surface area contributed by atoms with Gasteiger partial charge in [0.25, 0.3) is 0 Å². The summed E-state index contributed by atoms with van der Waals surface area (Å²) < 4.78 is 0.952. The molecule has 2 aromatic carbocycles. The number of benzene rings is 2. The van der Waals surface area contributed by atoms with Gasteiger partial charge < -0.3 is 4.84 Å². The molecule has 0 aromatic heterocycles. The highest BCUT2D eigenvalue weighted by molar-refractivity contribution is 9.10. The Morgan fingerprint density at radius 2 is 1.85 bits per heavy atom. The fourth-order valence-corrected chi connectivity index (χ4v) is 1.79. The van der Waals surface area contributed by atoms with E-state index in [-0.39, 0.29) is 11.4 Å². The number of halogens is 1. The Labute approximate surface area is 124 Å². The van der Waals surface area contributed by atoms with E-state index < -0.39 is 4.92 Å². The molecule has 5 nitrogen and oxygen atoms in total. The minimum Gasteiger partial charge on any atom is -0.375 e. The second-order valence-electron chi connectivity index (χ2n) is 3.91. The summed E-state index contributed by atoms with van der Waals surface area (Å²) in [4.78, 5) is 15.6. The quantitative estimate of drug-likeness (QED) is 0.665. The molecule has 0 radical (unpaired) electrons. The minimum absolute atomic E-state index is 0.108. The van der Waals surface area contributed by atoms with Crippen molar-refractivity contribution in [1.29, 1.82) is 0 Å². The van der Waals surface area contributed by atoms with E-state index in [1.165, 1.54) is 12.1 Å². The topological polar surface area (TPSA) is 64.4 Å². The summed E-state index contributed by atoms with van der Waals surface area (Å²) in [7, 11) is 0. The maximum absolute atomic E-state index is 10.8. The predicted octanol–water partition coefficient (Wildman–Crippen LogP) is 3.91. The number of nitro groups is 1. The molecule has 0 atom stereocenters. The van der Waals surface area contributed by atoms with Gasteiger partial charge in [0.1, 0.15) is 0 Å². The zero-order valence-corrected chi connectivity index (χ0v) is 12.0. The van der Waals surface area contributed by atoms with Crippen molar-refractivity contribution in [3.8, 4) is 5.75 Å². The third kappa shape index (κ3) is 3.36. The van der Waals surface area contributed by atoms with Crippen LogP contribution in [0.3, 0.4) is 0 Å². The zero-order chi connectivity index (χ0) is 14.5. The van der Waals surface area contributed by atoms with E-state index in [9.17, 15) is 10.1 Å². The molecule has 1 N–H and O–H groups in total. The Morgan fingerprint density at radius 3 is 2.50 bits per heavy atom. The van der Waals surface area contributed by atoms with E-state index in [1.54, 1.807) is 12.1 Å². The average Bonchev–Trinajstić information content (AvgIpc) is 2.45. The number of nitrogens with one attached hydrogen (secondary N) is 1. The van der Waals surface area contributed by atoms with E-state index >= 15 is 0 Å². The van der Waals surface area contributed by atoms with Gasteiger partial charge in [-0.15, -0.1) is 0 Å². The van der Waals surface area contributed by atoms with Crippen molar-refractivity contribution in [2.24, 2.45) is 0 Å². The van der Waals surface area contributed by atoms with Gasteiger partial charge in [-0.2, -0.15) is 0 Å². The molecule has 0 aliphatic heterocycles. The largest absolute Gasteiger partial charge is 0.375 e. The van der Waals surface area contributed by atoms with Gasteiger partial charge in [0.05, 0.1) is 10.6 Å². The number of hydrogen-bond donors (Lipinski definition) is 1. The number of hydrogen-bond acceptors (Lipinski definition) is 4. The van der Waals surface area contributed by atoms with Crippen LogP contribution >= 0.6 is 15.9 Å². The van der Waals surface area contributed by atoms with Gasteiger partial charge in [-0.05, 0) is 18.2 Å². The summed E-state index contributed by atoms with van der Waals surface area (Å²) in [6, 6.07) is 13.6. The van der Waals surface area contributed by atoms with Gasteiger partial charge in [-0.1, -0.05) is 46.8 Å². The molecule has 0 aliphatic rings. The summed E-state index contributed by atoms with van der Waals surface area (Å²) in [6.07, 6.45) is 0. The standard InChI is InChI=1S/C14H11BrN2O3/c1-10(11-6-8-12(15)9-7-11)16-20-14-5-3-2-4-13(14)17(18)19/h2-9,16H,1H2. The Bertz CT molecular complexity index is 641. The van der Waals surface area contributed by atoms with Gasteiger partial charge in [0, 0.05) is 16.1 Å². The lowest BCUT2D eigenvalue weighted by atomic mass is 10.2. The van der Waals surface area contributed by atoms with Crippen LogP contribution in [-0.4, -0.2) is 4.92 Å². The molecule has 0 bridgehead atoms. The number of rotatable bonds is 5. The molecule has 102 valence electrons. The summed E-state index contributed by atoms with van der Waals surface area (Å²) in [5.74, 6) is 0.135. The first-order valence-electron chi connectivity index (χ1n) is 5.69. The first-order valence-corrected chi connectivity index (χ1v) is 6.48. The molecule has 20 heavy (non-hydrogen) atoms. The smallest absolute Gasteiger partial charge is 0.314 e. The molecule has 6 heteroatoms. The fraction of sp³-hybridized carbons (Fsp3) is 0. The highest BCUT2D eigenvalue weighted by Crippen LogP contribution is 2.25. The molecule has 0 heterocycles. The number of nitro benzene ring substituents is 1. The van der Waals surface area contributed by atoms with Gasteiger partial charge in [0.15, 0.2) is 0 Å². The minimum atomic E-state index is -0.501. The molecule has 0 saturated carbocycles. The molecule has 0 amide bonds. The van der Waals surface area contributed by atoms with Crippen LogP contribution < -0.4 is 10.3 Å². The second-order valence-corrected chi connectivity index (χ2v) is 4.83. The molecule has 2 rings (SSSR count). The summed E-state index contributed by atoms with van der Waals surface area (Å²) in [5.41, 5.74) is 3.84. The molecule has 0 saturated heterocycles. The molecular weight excluding hydrogens is 324 g/mol. The van der Waals surface area contributed by atoms with Crippen molar-refractivity contribution in [3.05, 3.63) is 75.3 Å². The van der Waals surface area contributed by atoms with Crippen LogP contribution in [-0.2, 0) is 0 Å². The normalized spacial score (nSPS) is 9.85. The van der Waals surface area contributed by atoms with Crippen LogP contribution in [0.2, 0.25) is 0 Å². The van der Waals surface area contributed by atoms with Crippen molar-refractivity contribution < 1.29 is 9.76 Å². The van der Waals surface area contributed by atoms with Gasteiger partial charge in [0.2, 0.25) is 5.75 Å². The Morgan fingerprint density at radius 1 is 1.20 bits per heavy atom. The third-order valence-electron chi connectivity index (χ3n) is 2.54. The maximum Gasteiger partial charge on any atom is 0.314 e. The average molecular weight is 335 g/mol. The van der Waals surface area contributed by atoms with Crippen LogP contribution in [0.4, 0.5) is 5.69 Å². The Balaban J connectivity index is 2.07. The zero-order valence-electron chi connectivity index (χ0n) is 10.4. The summed E-state index contributed by atoms with van der Waals surface area (Å²) in [5, 5.41) is 10.8. The van der Waals surface area contributed by atoms with Crippen molar-refractivity contribution in [2.45, 2.75) is 0 Å². The van der Waals surface area contributed by atoms with Crippen LogP contribution in [0.1, 0.15) is 5.56 Å². The predicted molar refractivity (Wildman–Crippen MR) is 80.0 cm³/mol. The van der Waals surface area contributed by atoms with Gasteiger partial charge in [-0.3, -0.25) is 10.1 Å². The lowest BCUT2D eigenvalue weighted by Gasteiger charge is -2.11. The van der Waals surface area contributed by atoms with E-state index in [0.29, 0.717) is 5.70 Å². The monoisotopic (exact) mass is 334 g/mol. The van der Waals surface area contributed by atoms with Crippen molar-refractivity contribution in [2.75, 3.05) is 0 Å². The lowest BCUT2D eigenvalue weighted by molar-refractivity contribution is -0.386. The first kappa shape index (κ1) is 14.1. The molecule has 0 unspecified atom stereocenters. The molecule has 2 aromatic rings. The maximum atomic E-state index is 10.8. The fourth-order valence-electron chi connectivity index (χ4n) is 1.52. The van der Waals surface area contributed by atoms with Crippen LogP contribution in [0.25, 0.3) is 5.70 Å². The molecular formula is C14H11BrN2O3. The Kier molecular flexibility index (Phi) is 4.37. The van der Waals surface area contributed by atoms with E-state index in [0.717, 1.165) is 10.0 Å². The van der Waals surface area contributed by atoms with Crippen LogP contribution in [0.5, 0.6) is 5.75 Å². The molecule has 0 aliphatic carbocycles. The molecule has 0 fully saturated rings. The van der Waals surface area contributed by atoms with Gasteiger partial charge >= 0.3 is 5.69 Å². The number of nitrogens with zero attached hydrogens (tertiary/aromatic N) is 1. The lowest BCUT2D eigenvalue weighted by Crippen LogP contribution is -2.16. The second kappa shape index (κ2) is 6.21.